The molecule has 0 fully saturated rings. The van der Waals surface area contributed by atoms with E-state index >= 15 is 0 Å². The topological polar surface area (TPSA) is 14.3 Å². The van der Waals surface area contributed by atoms with E-state index in [0.29, 0.717) is 0 Å². The van der Waals surface area contributed by atoms with Gasteiger partial charge in [0.1, 0.15) is 0 Å². The summed E-state index contributed by atoms with van der Waals surface area (Å²) in [5.41, 5.74) is 11.0. The van der Waals surface area contributed by atoms with E-state index < -0.39 is 0 Å². The summed E-state index contributed by atoms with van der Waals surface area (Å²) in [5, 5.41) is 10.3. The molecule has 4 heterocycles. The summed E-state index contributed by atoms with van der Waals surface area (Å²) in [5.74, 6) is 0. The Morgan fingerprint density at radius 2 is 0.733 bits per heavy atom. The molecule has 3 nitrogen and oxygen atoms in total. The highest BCUT2D eigenvalue weighted by Gasteiger charge is 2.21. The molecule has 0 unspecified atom stereocenters. The summed E-state index contributed by atoms with van der Waals surface area (Å²) in [6, 6.07) is 55.7. The van der Waals surface area contributed by atoms with Crippen molar-refractivity contribution in [3.8, 4) is 11.4 Å². The number of fused-ring (bicyclic) bond motifs is 12. The summed E-state index contributed by atoms with van der Waals surface area (Å²) in [6.07, 6.45) is 0. The molecule has 0 aliphatic rings. The molecule has 7 aromatic carbocycles. The predicted octanol–water partition coefficient (Wildman–Crippen LogP) is 11.0. The molecule has 0 saturated carbocycles. The standard InChI is InChI=1S/C42H25N3/c1-6-19-36-27(11-1)28-12-2-7-20-37(28)44(36)39-22-10-17-34-30-14-3-5-18-35(30)43(42(34)39)26-23-24-31-33-16-9-15-32-29-13-4-8-21-38(29)45(41(32)33)40(31)25-26/h1-25H. The van der Waals surface area contributed by atoms with Crippen molar-refractivity contribution in [3.05, 3.63) is 152 Å². The average Bonchev–Trinajstić information content (AvgIpc) is 3.82. The van der Waals surface area contributed by atoms with Crippen LogP contribution in [0.3, 0.4) is 0 Å². The SMILES string of the molecule is c1ccc2c(c1)c1ccccc1n2-c1cccc2c3ccccc3n(-c3ccc4c5cccc6c7ccccc7n(c4c3)c65)c12. The zero-order chi connectivity index (χ0) is 29.2. The lowest BCUT2D eigenvalue weighted by Crippen LogP contribution is -2.00. The Bertz CT molecular complexity index is 2930. The summed E-state index contributed by atoms with van der Waals surface area (Å²) < 4.78 is 7.41. The zero-order valence-corrected chi connectivity index (χ0v) is 24.3. The lowest BCUT2D eigenvalue weighted by atomic mass is 10.1. The van der Waals surface area contributed by atoms with Crippen LogP contribution < -0.4 is 0 Å². The Balaban J connectivity index is 1.31. The first-order chi connectivity index (χ1) is 22.4. The number of hydrogen-bond donors (Lipinski definition) is 0. The molecule has 11 aromatic rings. The van der Waals surface area contributed by atoms with E-state index in [4.69, 9.17) is 0 Å². The minimum Gasteiger partial charge on any atom is -0.308 e. The van der Waals surface area contributed by atoms with Crippen LogP contribution in [0.2, 0.25) is 0 Å². The van der Waals surface area contributed by atoms with Gasteiger partial charge in [-0.05, 0) is 42.5 Å². The van der Waals surface area contributed by atoms with Crippen molar-refractivity contribution in [2.24, 2.45) is 0 Å². The van der Waals surface area contributed by atoms with Crippen LogP contribution in [0.15, 0.2) is 152 Å². The average molecular weight is 572 g/mol. The molecule has 0 aliphatic heterocycles. The number of aromatic nitrogens is 3. The third-order valence-electron chi connectivity index (χ3n) is 9.96. The molecular weight excluding hydrogens is 546 g/mol. The van der Waals surface area contributed by atoms with Gasteiger partial charge in [0.05, 0.1) is 44.3 Å². The highest BCUT2D eigenvalue weighted by Crippen LogP contribution is 2.42. The Kier molecular flexibility index (Phi) is 4.32. The van der Waals surface area contributed by atoms with E-state index in [1.54, 1.807) is 0 Å². The number of para-hydroxylation sites is 6. The minimum atomic E-state index is 1.16. The van der Waals surface area contributed by atoms with Gasteiger partial charge in [-0.1, -0.05) is 109 Å². The molecule has 45 heavy (non-hydrogen) atoms. The van der Waals surface area contributed by atoms with E-state index in [-0.39, 0.29) is 0 Å². The Morgan fingerprint density at radius 1 is 0.289 bits per heavy atom. The predicted molar refractivity (Wildman–Crippen MR) is 190 cm³/mol. The van der Waals surface area contributed by atoms with E-state index in [9.17, 15) is 0 Å². The van der Waals surface area contributed by atoms with Gasteiger partial charge in [-0.15, -0.1) is 0 Å². The highest BCUT2D eigenvalue weighted by molar-refractivity contribution is 6.23. The van der Waals surface area contributed by atoms with Gasteiger partial charge in [-0.25, -0.2) is 0 Å². The van der Waals surface area contributed by atoms with Crippen LogP contribution in [-0.2, 0) is 0 Å². The van der Waals surface area contributed by atoms with Gasteiger partial charge in [-0.3, -0.25) is 0 Å². The van der Waals surface area contributed by atoms with Crippen molar-refractivity contribution in [2.45, 2.75) is 0 Å². The zero-order valence-electron chi connectivity index (χ0n) is 24.3. The number of hydrogen-bond acceptors (Lipinski definition) is 0. The first kappa shape index (κ1) is 23.4. The fourth-order valence-corrected chi connectivity index (χ4v) is 8.19. The molecule has 0 spiro atoms. The first-order valence-corrected chi connectivity index (χ1v) is 15.5. The first-order valence-electron chi connectivity index (χ1n) is 15.5. The number of benzene rings is 7. The van der Waals surface area contributed by atoms with Crippen molar-refractivity contribution in [1.29, 1.82) is 0 Å². The monoisotopic (exact) mass is 571 g/mol. The second-order valence-electron chi connectivity index (χ2n) is 12.2. The van der Waals surface area contributed by atoms with Crippen LogP contribution in [0.25, 0.3) is 93.1 Å². The lowest BCUT2D eigenvalue weighted by Gasteiger charge is -2.14. The molecule has 0 aliphatic carbocycles. The second kappa shape index (κ2) is 8.31. The number of nitrogens with zero attached hydrogens (tertiary/aromatic N) is 3. The van der Waals surface area contributed by atoms with Gasteiger partial charge >= 0.3 is 0 Å². The second-order valence-corrected chi connectivity index (χ2v) is 12.2. The van der Waals surface area contributed by atoms with Crippen molar-refractivity contribution < 1.29 is 0 Å². The third kappa shape index (κ3) is 2.86. The van der Waals surface area contributed by atoms with Crippen LogP contribution in [0.4, 0.5) is 0 Å². The quantitative estimate of drug-likeness (QED) is 0.196. The van der Waals surface area contributed by atoms with Crippen LogP contribution in [0, 0.1) is 0 Å². The Hall–Kier alpha value is -6.06. The van der Waals surface area contributed by atoms with E-state index in [2.05, 4.69) is 165 Å². The number of rotatable bonds is 2. The van der Waals surface area contributed by atoms with Gasteiger partial charge in [0.15, 0.2) is 0 Å². The van der Waals surface area contributed by atoms with Gasteiger partial charge in [0.2, 0.25) is 0 Å². The maximum Gasteiger partial charge on any atom is 0.0782 e. The van der Waals surface area contributed by atoms with Gasteiger partial charge in [-0.2, -0.15) is 0 Å². The normalized spacial score (nSPS) is 12.4. The lowest BCUT2D eigenvalue weighted by molar-refractivity contribution is 1.13. The molecular formula is C42H25N3. The van der Waals surface area contributed by atoms with Crippen molar-refractivity contribution in [2.75, 3.05) is 0 Å². The smallest absolute Gasteiger partial charge is 0.0782 e. The third-order valence-corrected chi connectivity index (χ3v) is 9.96. The van der Waals surface area contributed by atoms with E-state index in [1.165, 1.54) is 87.4 Å². The van der Waals surface area contributed by atoms with Gasteiger partial charge < -0.3 is 13.5 Å². The molecule has 208 valence electrons. The van der Waals surface area contributed by atoms with Crippen molar-refractivity contribution in [1.82, 2.24) is 13.5 Å². The molecule has 0 radical (unpaired) electrons. The molecule has 0 amide bonds. The van der Waals surface area contributed by atoms with Crippen LogP contribution in [-0.4, -0.2) is 13.5 Å². The fraction of sp³-hybridized carbons (Fsp3) is 0. The van der Waals surface area contributed by atoms with Gasteiger partial charge in [0, 0.05) is 48.8 Å². The molecule has 4 aromatic heterocycles. The summed E-state index contributed by atoms with van der Waals surface area (Å²) in [7, 11) is 0. The highest BCUT2D eigenvalue weighted by atomic mass is 15.1. The van der Waals surface area contributed by atoms with Crippen LogP contribution in [0.1, 0.15) is 0 Å². The molecule has 0 saturated heterocycles. The molecule has 0 N–H and O–H groups in total. The van der Waals surface area contributed by atoms with E-state index in [1.807, 2.05) is 0 Å². The van der Waals surface area contributed by atoms with Crippen LogP contribution >= 0.6 is 0 Å². The maximum absolute atomic E-state index is 2.48. The minimum absolute atomic E-state index is 1.16. The summed E-state index contributed by atoms with van der Waals surface area (Å²) in [4.78, 5) is 0. The molecule has 11 rings (SSSR count). The van der Waals surface area contributed by atoms with Crippen molar-refractivity contribution >= 4 is 81.7 Å². The Morgan fingerprint density at radius 3 is 1.38 bits per heavy atom. The fourth-order valence-electron chi connectivity index (χ4n) is 8.19. The van der Waals surface area contributed by atoms with Crippen LogP contribution in [0.5, 0.6) is 0 Å². The van der Waals surface area contributed by atoms with Crippen molar-refractivity contribution in [3.63, 3.8) is 0 Å². The molecule has 0 atom stereocenters. The summed E-state index contributed by atoms with van der Waals surface area (Å²) >= 11 is 0. The Labute approximate surface area is 257 Å². The largest absolute Gasteiger partial charge is 0.308 e. The maximum atomic E-state index is 2.48. The van der Waals surface area contributed by atoms with Gasteiger partial charge in [0.25, 0.3) is 0 Å². The molecule has 3 heteroatoms. The summed E-state index contributed by atoms with van der Waals surface area (Å²) in [6.45, 7) is 0. The molecule has 0 bridgehead atoms. The van der Waals surface area contributed by atoms with E-state index in [0.717, 1.165) is 5.69 Å².